The van der Waals surface area contributed by atoms with Crippen LogP contribution in [0.15, 0.2) is 72.5 Å². The van der Waals surface area contributed by atoms with Gasteiger partial charge in [0, 0.05) is 5.39 Å². The lowest BCUT2D eigenvalue weighted by Crippen LogP contribution is -2.40. The third-order valence-electron chi connectivity index (χ3n) is 5.72. The smallest absolute Gasteiger partial charge is 0.416 e. The van der Waals surface area contributed by atoms with Gasteiger partial charge in [0.1, 0.15) is 30.3 Å². The zero-order valence-electron chi connectivity index (χ0n) is 19.6. The van der Waals surface area contributed by atoms with E-state index in [-0.39, 0.29) is 25.6 Å². The monoisotopic (exact) mass is 504 g/mol. The van der Waals surface area contributed by atoms with Gasteiger partial charge in [0.25, 0.3) is 0 Å². The average molecular weight is 504 g/mol. The number of carbonyl (C=O) groups is 1. The van der Waals surface area contributed by atoms with Crippen LogP contribution in [0.1, 0.15) is 25.1 Å². The molecule has 0 N–H and O–H groups in total. The van der Waals surface area contributed by atoms with Crippen molar-refractivity contribution in [1.29, 1.82) is 0 Å². The van der Waals surface area contributed by atoms with Crippen LogP contribution in [0.3, 0.4) is 0 Å². The number of hydrogen-bond acceptors (Lipinski definition) is 5. The van der Waals surface area contributed by atoms with Crippen LogP contribution in [0.5, 0.6) is 0 Å². The summed E-state index contributed by atoms with van der Waals surface area (Å²) in [5.41, 5.74) is -0.424. The molecule has 0 bridgehead atoms. The van der Waals surface area contributed by atoms with Crippen LogP contribution in [-0.2, 0) is 31.8 Å². The van der Waals surface area contributed by atoms with E-state index < -0.39 is 29.5 Å². The number of benzene rings is 2. The molecule has 2 aromatic carbocycles. The van der Waals surface area contributed by atoms with Gasteiger partial charge in [0.15, 0.2) is 6.17 Å². The van der Waals surface area contributed by atoms with Crippen molar-refractivity contribution in [2.45, 2.75) is 38.4 Å². The van der Waals surface area contributed by atoms with Crippen molar-refractivity contribution in [1.82, 2.24) is 9.78 Å². The lowest BCUT2D eigenvalue weighted by atomic mass is 9.94. The second-order valence-electron chi connectivity index (χ2n) is 8.29. The first kappa shape index (κ1) is 25.4. The summed E-state index contributed by atoms with van der Waals surface area (Å²) in [6.07, 6.45) is -1.73. The van der Waals surface area contributed by atoms with Crippen LogP contribution < -0.4 is 0 Å². The zero-order valence-corrected chi connectivity index (χ0v) is 19.6. The molecule has 0 aliphatic heterocycles. The highest BCUT2D eigenvalue weighted by molar-refractivity contribution is 5.83. The fourth-order valence-corrected chi connectivity index (χ4v) is 3.72. The number of nitrogens with zero attached hydrogens (tertiary/aromatic N) is 2. The molecule has 0 radical (unpaired) electrons. The highest BCUT2D eigenvalue weighted by atomic mass is 19.4. The Kier molecular flexibility index (Phi) is 7.16. The minimum Gasteiger partial charge on any atom is -0.487 e. The van der Waals surface area contributed by atoms with E-state index in [2.05, 4.69) is 5.10 Å². The molecule has 1 aliphatic rings. The summed E-state index contributed by atoms with van der Waals surface area (Å²) in [5.74, 6) is -0.325. The molecule has 2 unspecified atom stereocenters. The topological polar surface area (TPSA) is 62.6 Å². The summed E-state index contributed by atoms with van der Waals surface area (Å²) >= 11 is 0. The predicted molar refractivity (Wildman–Crippen MR) is 124 cm³/mol. The number of halogens is 4. The predicted octanol–water partition coefficient (Wildman–Crippen LogP) is 5.69. The van der Waals surface area contributed by atoms with Crippen LogP contribution in [0.2, 0.25) is 0 Å². The standard InChI is InChI=1S/C26H24F4N2O4/c1-3-34-24(33)16-36-25(2)13-12-19(14-23(25)27)35-15-21-20-6-4-5-7-22(20)32(31-21)18-10-8-17(9-11-18)26(28,29)30/h4-14,23H,3,15-16H2,1-2H3. The fraction of sp³-hybridized carbons (Fsp3) is 0.308. The molecule has 0 saturated heterocycles. The van der Waals surface area contributed by atoms with Gasteiger partial charge in [0.05, 0.1) is 23.4 Å². The zero-order chi connectivity index (χ0) is 25.9. The van der Waals surface area contributed by atoms with E-state index in [1.165, 1.54) is 35.9 Å². The van der Waals surface area contributed by atoms with Crippen molar-refractivity contribution in [3.05, 3.63) is 83.8 Å². The maximum Gasteiger partial charge on any atom is 0.416 e. The van der Waals surface area contributed by atoms with Gasteiger partial charge in [-0.15, -0.1) is 0 Å². The van der Waals surface area contributed by atoms with E-state index in [1.54, 1.807) is 25.1 Å². The summed E-state index contributed by atoms with van der Waals surface area (Å²) in [6.45, 7) is 3.00. The molecule has 0 saturated carbocycles. The minimum atomic E-state index is -4.43. The molecular formula is C26H24F4N2O4. The van der Waals surface area contributed by atoms with Crippen molar-refractivity contribution in [2.75, 3.05) is 13.2 Å². The molecule has 0 fully saturated rings. The number of carbonyl (C=O) groups excluding carboxylic acids is 1. The Labute approximate surface area is 204 Å². The number of rotatable bonds is 8. The van der Waals surface area contributed by atoms with E-state index in [0.29, 0.717) is 16.9 Å². The third-order valence-corrected chi connectivity index (χ3v) is 5.72. The van der Waals surface area contributed by atoms with Gasteiger partial charge in [-0.1, -0.05) is 18.2 Å². The van der Waals surface area contributed by atoms with Crippen molar-refractivity contribution in [2.24, 2.45) is 0 Å². The maximum absolute atomic E-state index is 14.9. The van der Waals surface area contributed by atoms with E-state index in [9.17, 15) is 22.4 Å². The average Bonchev–Trinajstić information content (AvgIpc) is 3.22. The maximum atomic E-state index is 14.9. The summed E-state index contributed by atoms with van der Waals surface area (Å²) in [7, 11) is 0. The van der Waals surface area contributed by atoms with E-state index >= 15 is 0 Å². The number of ether oxygens (including phenoxy) is 3. The van der Waals surface area contributed by atoms with Gasteiger partial charge in [0.2, 0.25) is 0 Å². The van der Waals surface area contributed by atoms with Crippen LogP contribution >= 0.6 is 0 Å². The molecule has 0 spiro atoms. The minimum absolute atomic E-state index is 0.00254. The molecular weight excluding hydrogens is 480 g/mol. The molecule has 190 valence electrons. The number of alkyl halides is 4. The highest BCUT2D eigenvalue weighted by Gasteiger charge is 2.36. The SMILES string of the molecule is CCOC(=O)COC1(C)C=CC(OCc2nn(-c3ccc(C(F)(F)F)cc3)c3ccccc23)=CC1F. The number of hydrogen-bond donors (Lipinski definition) is 0. The second kappa shape index (κ2) is 10.1. The Morgan fingerprint density at radius 1 is 1.14 bits per heavy atom. The van der Waals surface area contributed by atoms with Crippen molar-refractivity contribution < 1.29 is 36.6 Å². The first-order valence-corrected chi connectivity index (χ1v) is 11.2. The van der Waals surface area contributed by atoms with E-state index in [0.717, 1.165) is 17.5 Å². The molecule has 1 heterocycles. The van der Waals surface area contributed by atoms with Crippen molar-refractivity contribution in [3.8, 4) is 5.69 Å². The first-order chi connectivity index (χ1) is 17.1. The Balaban J connectivity index is 1.49. The molecule has 4 rings (SSSR count). The summed E-state index contributed by atoms with van der Waals surface area (Å²) < 4.78 is 71.2. The normalized spacial score (nSPS) is 19.8. The molecule has 2 atom stereocenters. The Hall–Kier alpha value is -3.66. The van der Waals surface area contributed by atoms with Crippen molar-refractivity contribution >= 4 is 16.9 Å². The van der Waals surface area contributed by atoms with Crippen LogP contribution in [0.25, 0.3) is 16.6 Å². The van der Waals surface area contributed by atoms with Gasteiger partial charge < -0.3 is 14.2 Å². The summed E-state index contributed by atoms with van der Waals surface area (Å²) in [6, 6.07) is 11.9. The quantitative estimate of drug-likeness (QED) is 0.291. The lowest BCUT2D eigenvalue weighted by molar-refractivity contribution is -0.154. The molecule has 36 heavy (non-hydrogen) atoms. The Morgan fingerprint density at radius 2 is 1.86 bits per heavy atom. The summed E-state index contributed by atoms with van der Waals surface area (Å²) in [4.78, 5) is 11.5. The highest BCUT2D eigenvalue weighted by Crippen LogP contribution is 2.31. The molecule has 6 nitrogen and oxygen atoms in total. The molecule has 10 heteroatoms. The third kappa shape index (κ3) is 5.43. The summed E-state index contributed by atoms with van der Waals surface area (Å²) in [5, 5.41) is 5.29. The lowest BCUT2D eigenvalue weighted by Gasteiger charge is -2.31. The largest absolute Gasteiger partial charge is 0.487 e. The van der Waals surface area contributed by atoms with E-state index in [1.807, 2.05) is 12.1 Å². The van der Waals surface area contributed by atoms with E-state index in [4.69, 9.17) is 14.2 Å². The fourth-order valence-electron chi connectivity index (χ4n) is 3.72. The number of esters is 1. The Bertz CT molecular complexity index is 1300. The van der Waals surface area contributed by atoms with Crippen LogP contribution in [0.4, 0.5) is 17.6 Å². The van der Waals surface area contributed by atoms with Crippen LogP contribution in [0, 0.1) is 0 Å². The molecule has 1 aromatic heterocycles. The van der Waals surface area contributed by atoms with Crippen LogP contribution in [-0.4, -0.2) is 40.7 Å². The number of allylic oxidation sites excluding steroid dienone is 1. The molecule has 1 aliphatic carbocycles. The number of fused-ring (bicyclic) bond motifs is 1. The van der Waals surface area contributed by atoms with Crippen molar-refractivity contribution in [3.63, 3.8) is 0 Å². The second-order valence-corrected chi connectivity index (χ2v) is 8.29. The van der Waals surface area contributed by atoms with Gasteiger partial charge in [-0.25, -0.2) is 13.9 Å². The molecule has 0 amide bonds. The number of aromatic nitrogens is 2. The molecule has 3 aromatic rings. The van der Waals surface area contributed by atoms with Gasteiger partial charge >= 0.3 is 12.1 Å². The van der Waals surface area contributed by atoms with Gasteiger partial charge in [-0.3, -0.25) is 0 Å². The number of para-hydroxylation sites is 1. The van der Waals surface area contributed by atoms with Gasteiger partial charge in [-0.05, 0) is 62.4 Å². The first-order valence-electron chi connectivity index (χ1n) is 11.2. The van der Waals surface area contributed by atoms with Gasteiger partial charge in [-0.2, -0.15) is 18.3 Å². The Morgan fingerprint density at radius 3 is 2.53 bits per heavy atom.